The highest BCUT2D eigenvalue weighted by Crippen LogP contribution is 2.35. The molecule has 0 aliphatic heterocycles. The number of aromatic nitrogens is 1. The van der Waals surface area contributed by atoms with E-state index in [0.717, 1.165) is 20.7 Å². The van der Waals surface area contributed by atoms with Gasteiger partial charge in [-0.1, -0.05) is 45.7 Å². The van der Waals surface area contributed by atoms with E-state index in [1.165, 1.54) is 0 Å². The molecular formula is C18H16BrClN2O2S. The fraction of sp³-hybridized carbons (Fsp3) is 0.167. The van der Waals surface area contributed by atoms with Crippen LogP contribution in [0.3, 0.4) is 0 Å². The molecule has 1 heterocycles. The Balaban J connectivity index is 1.73. The average Bonchev–Trinajstić information content (AvgIpc) is 3.13. The second kappa shape index (κ2) is 8.56. The van der Waals surface area contributed by atoms with Gasteiger partial charge < -0.3 is 14.8 Å². The third-order valence-corrected chi connectivity index (χ3v) is 5.37. The van der Waals surface area contributed by atoms with Gasteiger partial charge in [-0.15, -0.1) is 11.3 Å². The molecule has 0 aliphatic rings. The smallest absolute Gasteiger partial charge is 0.182 e. The number of nitrogens with zero attached hydrogens (tertiary/aromatic N) is 1. The zero-order valence-electron chi connectivity index (χ0n) is 13.5. The van der Waals surface area contributed by atoms with Crippen molar-refractivity contribution >= 4 is 44.0 Å². The van der Waals surface area contributed by atoms with Crippen LogP contribution in [-0.2, 0) is 13.2 Å². The molecule has 0 spiro atoms. The number of methoxy groups -OCH3 is 1. The van der Waals surface area contributed by atoms with E-state index in [-0.39, 0.29) is 0 Å². The van der Waals surface area contributed by atoms with Crippen molar-refractivity contribution in [3.8, 4) is 11.5 Å². The second-order valence-corrected chi connectivity index (χ2v) is 7.32. The van der Waals surface area contributed by atoms with Gasteiger partial charge in [0.15, 0.2) is 16.6 Å². The lowest BCUT2D eigenvalue weighted by Crippen LogP contribution is -2.03. The first-order chi connectivity index (χ1) is 12.2. The fourth-order valence-electron chi connectivity index (χ4n) is 2.24. The minimum atomic E-state index is 0.374. The summed E-state index contributed by atoms with van der Waals surface area (Å²) >= 11 is 11.3. The number of nitrogens with one attached hydrogen (secondary N) is 1. The number of thiazole rings is 1. The van der Waals surface area contributed by atoms with Crippen molar-refractivity contribution in [2.45, 2.75) is 13.2 Å². The molecule has 0 bridgehead atoms. The minimum absolute atomic E-state index is 0.374. The average molecular weight is 440 g/mol. The van der Waals surface area contributed by atoms with Gasteiger partial charge in [0.05, 0.1) is 7.11 Å². The monoisotopic (exact) mass is 438 g/mol. The summed E-state index contributed by atoms with van der Waals surface area (Å²) < 4.78 is 12.3. The van der Waals surface area contributed by atoms with Crippen LogP contribution >= 0.6 is 38.9 Å². The molecule has 0 aliphatic carbocycles. The molecule has 0 radical (unpaired) electrons. The summed E-state index contributed by atoms with van der Waals surface area (Å²) in [6.07, 6.45) is 1.77. The van der Waals surface area contributed by atoms with Gasteiger partial charge in [0.2, 0.25) is 0 Å². The molecule has 25 heavy (non-hydrogen) atoms. The highest BCUT2D eigenvalue weighted by molar-refractivity contribution is 9.10. The maximum Gasteiger partial charge on any atom is 0.182 e. The normalized spacial score (nSPS) is 10.5. The Labute approximate surface area is 163 Å². The van der Waals surface area contributed by atoms with Crippen LogP contribution in [0, 0.1) is 0 Å². The van der Waals surface area contributed by atoms with E-state index >= 15 is 0 Å². The molecule has 0 atom stereocenters. The molecule has 1 aromatic heterocycles. The molecule has 0 fully saturated rings. The number of benzene rings is 2. The Morgan fingerprint density at radius 1 is 1.20 bits per heavy atom. The number of anilines is 1. The summed E-state index contributed by atoms with van der Waals surface area (Å²) in [5.74, 6) is 1.33. The van der Waals surface area contributed by atoms with Crippen molar-refractivity contribution in [2.75, 3.05) is 12.4 Å². The zero-order chi connectivity index (χ0) is 17.6. The van der Waals surface area contributed by atoms with Crippen LogP contribution in [0.1, 0.15) is 11.1 Å². The van der Waals surface area contributed by atoms with Crippen LogP contribution in [0.2, 0.25) is 5.02 Å². The first kappa shape index (κ1) is 18.0. The Kier molecular flexibility index (Phi) is 6.18. The molecule has 1 N–H and O–H groups in total. The van der Waals surface area contributed by atoms with Crippen molar-refractivity contribution in [3.05, 3.63) is 68.6 Å². The predicted octanol–water partition coefficient (Wildman–Crippen LogP) is 5.76. The Morgan fingerprint density at radius 3 is 2.76 bits per heavy atom. The Morgan fingerprint density at radius 2 is 2.04 bits per heavy atom. The number of hydrogen-bond acceptors (Lipinski definition) is 5. The highest BCUT2D eigenvalue weighted by Gasteiger charge is 2.12. The van der Waals surface area contributed by atoms with Crippen LogP contribution in [-0.4, -0.2) is 12.1 Å². The van der Waals surface area contributed by atoms with Gasteiger partial charge >= 0.3 is 0 Å². The molecule has 2 aromatic carbocycles. The third kappa shape index (κ3) is 4.66. The van der Waals surface area contributed by atoms with E-state index in [1.807, 2.05) is 41.8 Å². The van der Waals surface area contributed by atoms with Gasteiger partial charge in [-0.25, -0.2) is 4.98 Å². The van der Waals surface area contributed by atoms with Gasteiger partial charge in [0.25, 0.3) is 0 Å². The van der Waals surface area contributed by atoms with Crippen LogP contribution in [0.5, 0.6) is 11.5 Å². The SMILES string of the molecule is COc1cc(CNc2nccs2)c(Br)cc1OCc1ccccc1Cl. The summed E-state index contributed by atoms with van der Waals surface area (Å²) in [5, 5.41) is 6.78. The number of rotatable bonds is 7. The summed E-state index contributed by atoms with van der Waals surface area (Å²) in [4.78, 5) is 4.22. The minimum Gasteiger partial charge on any atom is -0.493 e. The zero-order valence-corrected chi connectivity index (χ0v) is 16.6. The third-order valence-electron chi connectivity index (χ3n) is 3.54. The quantitative estimate of drug-likeness (QED) is 0.508. The van der Waals surface area contributed by atoms with Gasteiger partial charge in [0, 0.05) is 33.2 Å². The van der Waals surface area contributed by atoms with Crippen molar-refractivity contribution in [3.63, 3.8) is 0 Å². The summed E-state index contributed by atoms with van der Waals surface area (Å²) in [6, 6.07) is 11.5. The van der Waals surface area contributed by atoms with E-state index in [2.05, 4.69) is 26.2 Å². The standard InChI is InChI=1S/C18H16BrClN2O2S/c1-23-16-8-13(10-22-18-21-6-7-25-18)14(19)9-17(16)24-11-12-4-2-3-5-15(12)20/h2-9H,10-11H2,1H3,(H,21,22). The lowest BCUT2D eigenvalue weighted by atomic mass is 10.2. The maximum atomic E-state index is 6.18. The van der Waals surface area contributed by atoms with Crippen molar-refractivity contribution in [1.82, 2.24) is 4.98 Å². The summed E-state index contributed by atoms with van der Waals surface area (Å²) in [7, 11) is 1.63. The molecule has 0 amide bonds. The summed E-state index contributed by atoms with van der Waals surface area (Å²) in [6.45, 7) is 1.01. The van der Waals surface area contributed by atoms with Gasteiger partial charge in [-0.05, 0) is 23.8 Å². The fourth-order valence-corrected chi connectivity index (χ4v) is 3.42. The molecular weight excluding hydrogens is 424 g/mol. The molecule has 0 saturated heterocycles. The van der Waals surface area contributed by atoms with Crippen LogP contribution in [0.4, 0.5) is 5.13 Å². The molecule has 130 valence electrons. The number of ether oxygens (including phenoxy) is 2. The van der Waals surface area contributed by atoms with Gasteiger partial charge in [-0.3, -0.25) is 0 Å². The van der Waals surface area contributed by atoms with E-state index in [4.69, 9.17) is 21.1 Å². The first-order valence-corrected chi connectivity index (χ1v) is 9.58. The van der Waals surface area contributed by atoms with Crippen LogP contribution in [0.15, 0.2) is 52.4 Å². The maximum absolute atomic E-state index is 6.18. The van der Waals surface area contributed by atoms with Crippen molar-refractivity contribution in [2.24, 2.45) is 0 Å². The summed E-state index contributed by atoms with van der Waals surface area (Å²) in [5.41, 5.74) is 1.98. The first-order valence-electron chi connectivity index (χ1n) is 7.53. The van der Waals surface area contributed by atoms with Gasteiger partial charge in [0.1, 0.15) is 6.61 Å². The van der Waals surface area contributed by atoms with E-state index in [0.29, 0.717) is 29.7 Å². The largest absolute Gasteiger partial charge is 0.493 e. The van der Waals surface area contributed by atoms with Crippen molar-refractivity contribution < 1.29 is 9.47 Å². The molecule has 0 unspecified atom stereocenters. The molecule has 0 saturated carbocycles. The Bertz CT molecular complexity index is 843. The number of hydrogen-bond donors (Lipinski definition) is 1. The van der Waals surface area contributed by atoms with E-state index in [9.17, 15) is 0 Å². The lowest BCUT2D eigenvalue weighted by Gasteiger charge is -2.15. The molecule has 3 aromatic rings. The molecule has 4 nitrogen and oxygen atoms in total. The predicted molar refractivity (Wildman–Crippen MR) is 106 cm³/mol. The van der Waals surface area contributed by atoms with Gasteiger partial charge in [-0.2, -0.15) is 0 Å². The highest BCUT2D eigenvalue weighted by atomic mass is 79.9. The van der Waals surface area contributed by atoms with E-state index in [1.54, 1.807) is 24.6 Å². The second-order valence-electron chi connectivity index (χ2n) is 5.17. The molecule has 3 rings (SSSR count). The van der Waals surface area contributed by atoms with Crippen molar-refractivity contribution in [1.29, 1.82) is 0 Å². The van der Waals surface area contributed by atoms with Crippen LogP contribution in [0.25, 0.3) is 0 Å². The number of halogens is 2. The van der Waals surface area contributed by atoms with Crippen LogP contribution < -0.4 is 14.8 Å². The van der Waals surface area contributed by atoms with E-state index < -0.39 is 0 Å². The lowest BCUT2D eigenvalue weighted by molar-refractivity contribution is 0.284. The molecule has 7 heteroatoms. The topological polar surface area (TPSA) is 43.4 Å². The Hall–Kier alpha value is -1.76.